The summed E-state index contributed by atoms with van der Waals surface area (Å²) in [5, 5.41) is 6.92. The average Bonchev–Trinajstić information content (AvgIpc) is 3.06. The van der Waals surface area contributed by atoms with Gasteiger partial charge in [0.15, 0.2) is 0 Å². The Bertz CT molecular complexity index is 934. The molecule has 0 bridgehead atoms. The van der Waals surface area contributed by atoms with Crippen molar-refractivity contribution in [3.05, 3.63) is 70.0 Å². The third kappa shape index (κ3) is 4.19. The second-order valence-corrected chi connectivity index (χ2v) is 7.71. The van der Waals surface area contributed by atoms with Crippen molar-refractivity contribution < 1.29 is 9.32 Å². The van der Waals surface area contributed by atoms with Gasteiger partial charge < -0.3 is 9.84 Å². The highest BCUT2D eigenvalue weighted by molar-refractivity contribution is 9.10. The summed E-state index contributed by atoms with van der Waals surface area (Å²) in [7, 11) is 0. The fraction of sp³-hybridized carbons (Fsp3) is 0.250. The molecule has 1 heterocycles. The van der Waals surface area contributed by atoms with Gasteiger partial charge in [0, 0.05) is 34.5 Å². The zero-order chi connectivity index (χ0) is 18.7. The molecule has 0 atom stereocenters. The molecule has 134 valence electrons. The second-order valence-electron chi connectivity index (χ2n) is 6.79. The summed E-state index contributed by atoms with van der Waals surface area (Å²) >= 11 is 3.50. The van der Waals surface area contributed by atoms with Crippen LogP contribution in [0.25, 0.3) is 11.4 Å². The molecular weight excluding hydrogens is 394 g/mol. The lowest BCUT2D eigenvalue weighted by Crippen LogP contribution is -2.36. The van der Waals surface area contributed by atoms with Crippen molar-refractivity contribution in [3.8, 4) is 11.4 Å². The van der Waals surface area contributed by atoms with E-state index < -0.39 is 0 Å². The normalized spacial score (nSPS) is 11.4. The van der Waals surface area contributed by atoms with E-state index in [1.807, 2.05) is 24.3 Å². The van der Waals surface area contributed by atoms with Crippen LogP contribution in [-0.4, -0.2) is 22.6 Å². The lowest BCUT2D eigenvalue weighted by molar-refractivity contribution is 0.0945. The van der Waals surface area contributed by atoms with Crippen LogP contribution in [0.2, 0.25) is 0 Å². The van der Waals surface area contributed by atoms with Crippen molar-refractivity contribution in [2.75, 3.05) is 6.54 Å². The van der Waals surface area contributed by atoms with Crippen LogP contribution in [0.15, 0.2) is 57.5 Å². The minimum atomic E-state index is -0.193. The summed E-state index contributed by atoms with van der Waals surface area (Å²) in [4.78, 5) is 16.8. The Labute approximate surface area is 160 Å². The lowest BCUT2D eigenvalue weighted by Gasteiger charge is -2.26. The van der Waals surface area contributed by atoms with Crippen molar-refractivity contribution in [3.63, 3.8) is 0 Å². The fourth-order valence-electron chi connectivity index (χ4n) is 2.63. The number of amides is 1. The maximum Gasteiger partial charge on any atom is 0.251 e. The molecule has 0 aliphatic heterocycles. The molecule has 0 aliphatic carbocycles. The quantitative estimate of drug-likeness (QED) is 0.667. The predicted octanol–water partition coefficient (Wildman–Crippen LogP) is 4.52. The van der Waals surface area contributed by atoms with Crippen LogP contribution in [-0.2, 0) is 5.41 Å². The third-order valence-electron chi connectivity index (χ3n) is 4.21. The summed E-state index contributed by atoms with van der Waals surface area (Å²) in [6, 6.07) is 15.3. The number of aromatic nitrogens is 2. The number of benzene rings is 2. The Balaban J connectivity index is 1.72. The molecule has 1 N–H and O–H groups in total. The van der Waals surface area contributed by atoms with E-state index in [1.54, 1.807) is 19.1 Å². The SMILES string of the molecule is Cc1nc(-c2cccc(C(=O)NCC(C)(C)c3cccc(Br)c3)c2)no1. The molecule has 0 aliphatic rings. The van der Waals surface area contributed by atoms with Crippen molar-refractivity contribution in [1.29, 1.82) is 0 Å². The van der Waals surface area contributed by atoms with Gasteiger partial charge in [-0.05, 0) is 29.8 Å². The molecule has 5 nitrogen and oxygen atoms in total. The van der Waals surface area contributed by atoms with E-state index in [2.05, 4.69) is 57.4 Å². The lowest BCUT2D eigenvalue weighted by atomic mass is 9.84. The summed E-state index contributed by atoms with van der Waals surface area (Å²) in [6.07, 6.45) is 0. The van der Waals surface area contributed by atoms with Gasteiger partial charge in [-0.15, -0.1) is 0 Å². The van der Waals surface area contributed by atoms with Crippen molar-refractivity contribution >= 4 is 21.8 Å². The molecule has 0 radical (unpaired) electrons. The van der Waals surface area contributed by atoms with Gasteiger partial charge in [-0.1, -0.05) is 59.2 Å². The van der Waals surface area contributed by atoms with Gasteiger partial charge >= 0.3 is 0 Å². The molecule has 0 saturated heterocycles. The molecule has 0 unspecified atom stereocenters. The molecule has 26 heavy (non-hydrogen) atoms. The van der Waals surface area contributed by atoms with Gasteiger partial charge in [0.2, 0.25) is 11.7 Å². The number of rotatable bonds is 5. The smallest absolute Gasteiger partial charge is 0.251 e. The Kier molecular flexibility index (Phi) is 5.23. The number of carbonyl (C=O) groups excluding carboxylic acids is 1. The minimum Gasteiger partial charge on any atom is -0.351 e. The second kappa shape index (κ2) is 7.41. The molecule has 2 aromatic carbocycles. The number of hydrogen-bond acceptors (Lipinski definition) is 4. The molecule has 0 saturated carbocycles. The number of nitrogens with zero attached hydrogens (tertiary/aromatic N) is 2. The van der Waals surface area contributed by atoms with E-state index in [0.29, 0.717) is 23.8 Å². The van der Waals surface area contributed by atoms with Gasteiger partial charge in [0.25, 0.3) is 5.91 Å². The predicted molar refractivity (Wildman–Crippen MR) is 104 cm³/mol. The first-order chi connectivity index (χ1) is 12.3. The molecule has 0 spiro atoms. The maximum absolute atomic E-state index is 12.6. The maximum atomic E-state index is 12.6. The number of nitrogens with one attached hydrogen (secondary N) is 1. The van der Waals surface area contributed by atoms with Gasteiger partial charge in [0.1, 0.15) is 0 Å². The summed E-state index contributed by atoms with van der Waals surface area (Å²) in [5.41, 5.74) is 2.28. The Hall–Kier alpha value is -2.47. The molecule has 1 aromatic heterocycles. The van der Waals surface area contributed by atoms with Crippen LogP contribution in [0.5, 0.6) is 0 Å². The zero-order valence-electron chi connectivity index (χ0n) is 14.9. The standard InChI is InChI=1S/C20H20BrN3O2/c1-13-23-18(24-26-13)14-6-4-7-15(10-14)19(25)22-12-20(2,3)16-8-5-9-17(21)11-16/h4-11H,12H2,1-3H3,(H,22,25). The number of halogens is 1. The van der Waals surface area contributed by atoms with Crippen LogP contribution in [0.4, 0.5) is 0 Å². The summed E-state index contributed by atoms with van der Waals surface area (Å²) in [6.45, 7) is 6.46. The zero-order valence-corrected chi connectivity index (χ0v) is 16.5. The molecule has 3 aromatic rings. The fourth-order valence-corrected chi connectivity index (χ4v) is 3.03. The molecule has 0 fully saturated rings. The highest BCUT2D eigenvalue weighted by Crippen LogP contribution is 2.25. The van der Waals surface area contributed by atoms with Crippen molar-refractivity contribution in [2.24, 2.45) is 0 Å². The van der Waals surface area contributed by atoms with E-state index in [4.69, 9.17) is 4.52 Å². The van der Waals surface area contributed by atoms with Crippen LogP contribution >= 0.6 is 15.9 Å². The Morgan fingerprint density at radius 2 is 1.96 bits per heavy atom. The van der Waals surface area contributed by atoms with E-state index in [1.165, 1.54) is 0 Å². The number of hydrogen-bond donors (Lipinski definition) is 1. The third-order valence-corrected chi connectivity index (χ3v) is 4.70. The van der Waals surface area contributed by atoms with Crippen LogP contribution in [0.1, 0.15) is 35.7 Å². The Morgan fingerprint density at radius 1 is 1.19 bits per heavy atom. The van der Waals surface area contributed by atoms with Crippen molar-refractivity contribution in [1.82, 2.24) is 15.5 Å². The first-order valence-electron chi connectivity index (χ1n) is 8.30. The number of carbonyl (C=O) groups is 1. The molecular formula is C20H20BrN3O2. The monoisotopic (exact) mass is 413 g/mol. The molecule has 1 amide bonds. The largest absolute Gasteiger partial charge is 0.351 e. The molecule has 6 heteroatoms. The average molecular weight is 414 g/mol. The minimum absolute atomic E-state index is 0.130. The highest BCUT2D eigenvalue weighted by atomic mass is 79.9. The first kappa shape index (κ1) is 18.3. The van der Waals surface area contributed by atoms with Crippen LogP contribution in [0, 0.1) is 6.92 Å². The van der Waals surface area contributed by atoms with E-state index in [9.17, 15) is 4.79 Å². The van der Waals surface area contributed by atoms with Gasteiger partial charge in [-0.2, -0.15) is 4.98 Å². The van der Waals surface area contributed by atoms with Crippen molar-refractivity contribution in [2.45, 2.75) is 26.2 Å². The summed E-state index contributed by atoms with van der Waals surface area (Å²) < 4.78 is 6.03. The first-order valence-corrected chi connectivity index (χ1v) is 9.09. The Morgan fingerprint density at radius 3 is 2.65 bits per heavy atom. The van der Waals surface area contributed by atoms with E-state index >= 15 is 0 Å². The summed E-state index contributed by atoms with van der Waals surface area (Å²) in [5.74, 6) is 0.840. The van der Waals surface area contributed by atoms with Crippen LogP contribution in [0.3, 0.4) is 0 Å². The van der Waals surface area contributed by atoms with Gasteiger partial charge in [-0.25, -0.2) is 0 Å². The van der Waals surface area contributed by atoms with Gasteiger partial charge in [0.05, 0.1) is 0 Å². The number of aryl methyl sites for hydroxylation is 1. The molecule has 3 rings (SSSR count). The van der Waals surface area contributed by atoms with E-state index in [-0.39, 0.29) is 11.3 Å². The van der Waals surface area contributed by atoms with Crippen LogP contribution < -0.4 is 5.32 Å². The van der Waals surface area contributed by atoms with Gasteiger partial charge in [-0.3, -0.25) is 4.79 Å². The topological polar surface area (TPSA) is 68.0 Å². The highest BCUT2D eigenvalue weighted by Gasteiger charge is 2.22. The van der Waals surface area contributed by atoms with E-state index in [0.717, 1.165) is 15.6 Å².